The van der Waals surface area contributed by atoms with Crippen LogP contribution in [0.15, 0.2) is 59.3 Å². The van der Waals surface area contributed by atoms with Crippen molar-refractivity contribution < 1.29 is 5.11 Å². The maximum absolute atomic E-state index is 10.2. The molecule has 118 valence electrons. The van der Waals surface area contributed by atoms with Crippen LogP contribution in [0.2, 0.25) is 0 Å². The van der Waals surface area contributed by atoms with Crippen LogP contribution in [0.5, 0.6) is 0 Å². The average Bonchev–Trinajstić information content (AvgIpc) is 3.04. The Balaban J connectivity index is 1.54. The van der Waals surface area contributed by atoms with Gasteiger partial charge in [0.05, 0.1) is 11.8 Å². The first kappa shape index (κ1) is 15.9. The number of nitrogens with zero attached hydrogens (tertiary/aromatic N) is 2. The normalized spacial score (nSPS) is 12.3. The summed E-state index contributed by atoms with van der Waals surface area (Å²) in [6.07, 6.45) is 2.95. The minimum Gasteiger partial charge on any atom is -0.387 e. The molecule has 23 heavy (non-hydrogen) atoms. The SMILES string of the molecule is O[C@@H](CNCc1cc(-c2ccncc2)n[nH]1)c1cccc(Br)c1. The van der Waals surface area contributed by atoms with Gasteiger partial charge in [-0.25, -0.2) is 0 Å². The lowest BCUT2D eigenvalue weighted by Crippen LogP contribution is -2.21. The molecular formula is C17H17BrN4O. The van der Waals surface area contributed by atoms with Crippen molar-refractivity contribution in [3.63, 3.8) is 0 Å². The van der Waals surface area contributed by atoms with E-state index in [9.17, 15) is 5.11 Å². The number of aromatic amines is 1. The highest BCUT2D eigenvalue weighted by Gasteiger charge is 2.08. The largest absolute Gasteiger partial charge is 0.387 e. The second-order valence-electron chi connectivity index (χ2n) is 5.22. The number of aliphatic hydroxyl groups is 1. The van der Waals surface area contributed by atoms with E-state index in [1.54, 1.807) is 12.4 Å². The zero-order chi connectivity index (χ0) is 16.1. The zero-order valence-corrected chi connectivity index (χ0v) is 14.0. The molecule has 0 fully saturated rings. The number of benzene rings is 1. The Morgan fingerprint density at radius 1 is 1.17 bits per heavy atom. The fourth-order valence-electron chi connectivity index (χ4n) is 2.30. The van der Waals surface area contributed by atoms with Crippen molar-refractivity contribution in [1.29, 1.82) is 0 Å². The van der Waals surface area contributed by atoms with Crippen LogP contribution in [-0.4, -0.2) is 26.8 Å². The van der Waals surface area contributed by atoms with Crippen molar-refractivity contribution in [3.05, 3.63) is 70.6 Å². The molecule has 3 rings (SSSR count). The summed E-state index contributed by atoms with van der Waals surface area (Å²) in [6.45, 7) is 1.09. The molecule has 3 N–H and O–H groups in total. The number of rotatable bonds is 6. The summed E-state index contributed by atoms with van der Waals surface area (Å²) < 4.78 is 0.963. The molecule has 2 heterocycles. The third-order valence-corrected chi connectivity index (χ3v) is 3.99. The molecule has 6 heteroatoms. The summed E-state index contributed by atoms with van der Waals surface area (Å²) >= 11 is 3.41. The lowest BCUT2D eigenvalue weighted by molar-refractivity contribution is 0.174. The van der Waals surface area contributed by atoms with Gasteiger partial charge in [-0.2, -0.15) is 5.10 Å². The summed E-state index contributed by atoms with van der Waals surface area (Å²) in [6, 6.07) is 13.5. The highest BCUT2D eigenvalue weighted by atomic mass is 79.9. The van der Waals surface area contributed by atoms with Crippen LogP contribution in [0.3, 0.4) is 0 Å². The van der Waals surface area contributed by atoms with Gasteiger partial charge < -0.3 is 10.4 Å². The Morgan fingerprint density at radius 3 is 2.78 bits per heavy atom. The Kier molecular flexibility index (Phi) is 5.17. The molecular weight excluding hydrogens is 356 g/mol. The molecule has 1 aromatic carbocycles. The predicted octanol–water partition coefficient (Wildman–Crippen LogP) is 3.06. The summed E-state index contributed by atoms with van der Waals surface area (Å²) in [5, 5.41) is 20.7. The maximum atomic E-state index is 10.2. The zero-order valence-electron chi connectivity index (χ0n) is 12.4. The molecule has 2 aromatic heterocycles. The standard InChI is InChI=1S/C17H17BrN4O/c18-14-3-1-2-13(8-14)17(23)11-20-10-15-9-16(22-21-15)12-4-6-19-7-5-12/h1-9,17,20,23H,10-11H2,(H,21,22)/t17-/m0/s1. The third kappa shape index (κ3) is 4.25. The highest BCUT2D eigenvalue weighted by molar-refractivity contribution is 9.10. The number of aliphatic hydroxyl groups excluding tert-OH is 1. The summed E-state index contributed by atoms with van der Waals surface area (Å²) in [4.78, 5) is 4.00. The van der Waals surface area contributed by atoms with Gasteiger partial charge >= 0.3 is 0 Å². The van der Waals surface area contributed by atoms with Crippen LogP contribution in [0.25, 0.3) is 11.3 Å². The number of pyridine rings is 1. The molecule has 0 amide bonds. The van der Waals surface area contributed by atoms with Crippen molar-refractivity contribution in [2.24, 2.45) is 0 Å². The van der Waals surface area contributed by atoms with Gasteiger partial charge in [-0.05, 0) is 35.9 Å². The molecule has 0 aliphatic rings. The minimum absolute atomic E-state index is 0.472. The van der Waals surface area contributed by atoms with Gasteiger partial charge in [-0.3, -0.25) is 10.1 Å². The van der Waals surface area contributed by atoms with Crippen molar-refractivity contribution in [3.8, 4) is 11.3 Å². The van der Waals surface area contributed by atoms with Crippen LogP contribution in [0, 0.1) is 0 Å². The summed E-state index contributed by atoms with van der Waals surface area (Å²) in [5.41, 5.74) is 3.76. The van der Waals surface area contributed by atoms with Crippen LogP contribution >= 0.6 is 15.9 Å². The van der Waals surface area contributed by atoms with Crippen molar-refractivity contribution in [1.82, 2.24) is 20.5 Å². The lowest BCUT2D eigenvalue weighted by Gasteiger charge is -2.12. The quantitative estimate of drug-likeness (QED) is 0.621. The third-order valence-electron chi connectivity index (χ3n) is 3.49. The molecule has 1 atom stereocenters. The van der Waals surface area contributed by atoms with E-state index < -0.39 is 6.10 Å². The molecule has 0 radical (unpaired) electrons. The van der Waals surface area contributed by atoms with Gasteiger partial charge in [0.2, 0.25) is 0 Å². The molecule has 0 saturated carbocycles. The Morgan fingerprint density at radius 2 is 2.00 bits per heavy atom. The molecule has 0 saturated heterocycles. The summed E-state index contributed by atoms with van der Waals surface area (Å²) in [5.74, 6) is 0. The van der Waals surface area contributed by atoms with Gasteiger partial charge in [0.15, 0.2) is 0 Å². The minimum atomic E-state index is -0.546. The van der Waals surface area contributed by atoms with Crippen molar-refractivity contribution in [2.45, 2.75) is 12.6 Å². The first-order chi connectivity index (χ1) is 11.2. The van der Waals surface area contributed by atoms with E-state index in [0.717, 1.165) is 27.0 Å². The number of nitrogens with one attached hydrogen (secondary N) is 2. The number of H-pyrrole nitrogens is 1. The highest BCUT2D eigenvalue weighted by Crippen LogP contribution is 2.18. The second-order valence-corrected chi connectivity index (χ2v) is 6.13. The smallest absolute Gasteiger partial charge is 0.0925 e. The number of hydrogen-bond donors (Lipinski definition) is 3. The molecule has 5 nitrogen and oxygen atoms in total. The first-order valence-corrected chi connectivity index (χ1v) is 8.10. The molecule has 0 spiro atoms. The van der Waals surface area contributed by atoms with Crippen LogP contribution < -0.4 is 5.32 Å². The monoisotopic (exact) mass is 372 g/mol. The maximum Gasteiger partial charge on any atom is 0.0925 e. The number of aromatic nitrogens is 3. The van der Waals surface area contributed by atoms with Gasteiger partial charge in [0, 0.05) is 41.2 Å². The van der Waals surface area contributed by atoms with Gasteiger partial charge in [-0.15, -0.1) is 0 Å². The number of halogens is 1. The molecule has 0 bridgehead atoms. The average molecular weight is 373 g/mol. The fraction of sp³-hybridized carbons (Fsp3) is 0.176. The topological polar surface area (TPSA) is 73.8 Å². The Bertz CT molecular complexity index is 760. The van der Waals surface area contributed by atoms with Crippen LogP contribution in [0.4, 0.5) is 0 Å². The van der Waals surface area contributed by atoms with Crippen LogP contribution in [0.1, 0.15) is 17.4 Å². The second kappa shape index (κ2) is 7.50. The molecule has 0 unspecified atom stereocenters. The van der Waals surface area contributed by atoms with Gasteiger partial charge in [-0.1, -0.05) is 28.1 Å². The fourth-order valence-corrected chi connectivity index (χ4v) is 2.71. The van der Waals surface area contributed by atoms with Crippen LogP contribution in [-0.2, 0) is 6.54 Å². The summed E-state index contributed by atoms with van der Waals surface area (Å²) in [7, 11) is 0. The van der Waals surface area contributed by atoms with Crippen molar-refractivity contribution in [2.75, 3.05) is 6.54 Å². The molecule has 0 aliphatic carbocycles. The Labute approximate surface area is 142 Å². The van der Waals surface area contributed by atoms with E-state index in [2.05, 4.69) is 36.4 Å². The van der Waals surface area contributed by atoms with E-state index in [-0.39, 0.29) is 0 Å². The van der Waals surface area contributed by atoms with Gasteiger partial charge in [0.1, 0.15) is 0 Å². The van der Waals surface area contributed by atoms with E-state index in [0.29, 0.717) is 13.1 Å². The van der Waals surface area contributed by atoms with Gasteiger partial charge in [0.25, 0.3) is 0 Å². The van der Waals surface area contributed by atoms with Crippen molar-refractivity contribution >= 4 is 15.9 Å². The van der Waals surface area contributed by atoms with E-state index >= 15 is 0 Å². The Hall–Kier alpha value is -2.02. The van der Waals surface area contributed by atoms with E-state index in [4.69, 9.17) is 0 Å². The van der Waals surface area contributed by atoms with E-state index in [1.807, 2.05) is 42.5 Å². The molecule has 3 aromatic rings. The first-order valence-electron chi connectivity index (χ1n) is 7.31. The number of hydrogen-bond acceptors (Lipinski definition) is 4. The molecule has 0 aliphatic heterocycles. The predicted molar refractivity (Wildman–Crippen MR) is 92.6 cm³/mol. The lowest BCUT2D eigenvalue weighted by atomic mass is 10.1. The van der Waals surface area contributed by atoms with E-state index in [1.165, 1.54) is 0 Å².